The molecule has 0 aliphatic rings. The molecule has 0 aliphatic heterocycles. The second-order valence-electron chi connectivity index (χ2n) is 5.71. The molecular weight excluding hydrogens is 372 g/mol. The molecule has 3 heteroatoms. The van der Waals surface area contributed by atoms with Crippen molar-refractivity contribution in [2.45, 2.75) is 0 Å². The van der Waals surface area contributed by atoms with E-state index in [0.29, 0.717) is 0 Å². The summed E-state index contributed by atoms with van der Waals surface area (Å²) in [7, 11) is 0. The molecule has 0 aliphatic carbocycles. The predicted octanol–water partition coefficient (Wildman–Crippen LogP) is 6.24. The lowest BCUT2D eigenvalue weighted by atomic mass is 9.97. The first kappa shape index (κ1) is 15.7. The van der Waals surface area contributed by atoms with Crippen molar-refractivity contribution < 1.29 is 0 Å². The van der Waals surface area contributed by atoms with Crippen LogP contribution in [0.2, 0.25) is 0 Å². The molecular formula is C22H15BrN2. The summed E-state index contributed by atoms with van der Waals surface area (Å²) in [4.78, 5) is 8.95. The van der Waals surface area contributed by atoms with Gasteiger partial charge in [0.1, 0.15) is 6.33 Å². The summed E-state index contributed by atoms with van der Waals surface area (Å²) in [6.45, 7) is 0. The minimum Gasteiger partial charge on any atom is -0.236 e. The number of benzene rings is 3. The molecule has 1 aromatic heterocycles. The van der Waals surface area contributed by atoms with Gasteiger partial charge in [-0.05, 0) is 29.3 Å². The molecule has 0 atom stereocenters. The van der Waals surface area contributed by atoms with Gasteiger partial charge in [0.15, 0.2) is 0 Å². The molecule has 0 unspecified atom stereocenters. The standard InChI is InChI=1S/C22H15BrN2/c23-18-10-6-9-17(13-18)19-11-4-5-12-20(19)22-14-21(24-15-25-22)16-7-2-1-3-8-16/h1-15H. The highest BCUT2D eigenvalue weighted by molar-refractivity contribution is 9.10. The van der Waals surface area contributed by atoms with Gasteiger partial charge in [-0.3, -0.25) is 0 Å². The Morgan fingerprint density at radius 2 is 1.24 bits per heavy atom. The van der Waals surface area contributed by atoms with E-state index in [-0.39, 0.29) is 0 Å². The Labute approximate surface area is 155 Å². The van der Waals surface area contributed by atoms with E-state index >= 15 is 0 Å². The third-order valence-corrected chi connectivity index (χ3v) is 4.57. The minimum atomic E-state index is 0.921. The van der Waals surface area contributed by atoms with Crippen molar-refractivity contribution in [1.29, 1.82) is 0 Å². The molecule has 3 aromatic carbocycles. The zero-order valence-corrected chi connectivity index (χ0v) is 15.0. The highest BCUT2D eigenvalue weighted by Gasteiger charge is 2.10. The van der Waals surface area contributed by atoms with Crippen molar-refractivity contribution in [3.8, 4) is 33.6 Å². The first-order valence-corrected chi connectivity index (χ1v) is 8.83. The fourth-order valence-electron chi connectivity index (χ4n) is 2.89. The number of halogens is 1. The van der Waals surface area contributed by atoms with Crippen LogP contribution in [0.5, 0.6) is 0 Å². The SMILES string of the molecule is Brc1cccc(-c2ccccc2-c2cc(-c3ccccc3)ncn2)c1. The third-order valence-electron chi connectivity index (χ3n) is 4.08. The molecule has 0 N–H and O–H groups in total. The monoisotopic (exact) mass is 386 g/mol. The van der Waals surface area contributed by atoms with E-state index in [0.717, 1.165) is 38.1 Å². The smallest absolute Gasteiger partial charge is 0.116 e. The van der Waals surface area contributed by atoms with Crippen LogP contribution in [-0.2, 0) is 0 Å². The van der Waals surface area contributed by atoms with Gasteiger partial charge in [-0.2, -0.15) is 0 Å². The van der Waals surface area contributed by atoms with Crippen molar-refractivity contribution in [1.82, 2.24) is 9.97 Å². The Bertz CT molecular complexity index is 1010. The van der Waals surface area contributed by atoms with Gasteiger partial charge in [0.2, 0.25) is 0 Å². The van der Waals surface area contributed by atoms with Gasteiger partial charge >= 0.3 is 0 Å². The molecule has 0 radical (unpaired) electrons. The maximum absolute atomic E-state index is 4.52. The van der Waals surface area contributed by atoms with E-state index in [1.807, 2.05) is 42.5 Å². The number of hydrogen-bond acceptors (Lipinski definition) is 2. The normalized spacial score (nSPS) is 10.6. The summed E-state index contributed by atoms with van der Waals surface area (Å²) in [5.74, 6) is 0. The van der Waals surface area contributed by atoms with Crippen LogP contribution in [0.1, 0.15) is 0 Å². The molecule has 0 bridgehead atoms. The largest absolute Gasteiger partial charge is 0.236 e. The van der Waals surface area contributed by atoms with Gasteiger partial charge in [-0.15, -0.1) is 0 Å². The third kappa shape index (κ3) is 3.37. The zero-order valence-electron chi connectivity index (χ0n) is 13.4. The lowest BCUT2D eigenvalue weighted by molar-refractivity contribution is 1.18. The topological polar surface area (TPSA) is 25.8 Å². The van der Waals surface area contributed by atoms with Crippen molar-refractivity contribution in [3.05, 3.63) is 95.7 Å². The van der Waals surface area contributed by atoms with Crippen LogP contribution in [0.3, 0.4) is 0 Å². The molecule has 0 amide bonds. The average molecular weight is 387 g/mol. The van der Waals surface area contributed by atoms with Crippen LogP contribution in [0.15, 0.2) is 95.7 Å². The molecule has 0 spiro atoms. The van der Waals surface area contributed by atoms with Crippen LogP contribution in [-0.4, -0.2) is 9.97 Å². The highest BCUT2D eigenvalue weighted by atomic mass is 79.9. The van der Waals surface area contributed by atoms with Crippen molar-refractivity contribution in [2.75, 3.05) is 0 Å². The molecule has 0 saturated carbocycles. The quantitative estimate of drug-likeness (QED) is 0.416. The summed E-state index contributed by atoms with van der Waals surface area (Å²) < 4.78 is 1.06. The van der Waals surface area contributed by atoms with Crippen molar-refractivity contribution >= 4 is 15.9 Å². The number of nitrogens with zero attached hydrogens (tertiary/aromatic N) is 2. The van der Waals surface area contributed by atoms with Crippen molar-refractivity contribution in [2.24, 2.45) is 0 Å². The first-order valence-electron chi connectivity index (χ1n) is 8.04. The Balaban J connectivity index is 1.84. The van der Waals surface area contributed by atoms with Gasteiger partial charge in [0, 0.05) is 15.6 Å². The van der Waals surface area contributed by atoms with Gasteiger partial charge in [0.25, 0.3) is 0 Å². The maximum atomic E-state index is 4.52. The van der Waals surface area contributed by atoms with Crippen molar-refractivity contribution in [3.63, 3.8) is 0 Å². The summed E-state index contributed by atoms with van der Waals surface area (Å²) in [6.07, 6.45) is 1.63. The van der Waals surface area contributed by atoms with E-state index in [1.54, 1.807) is 6.33 Å². The molecule has 4 rings (SSSR count). The van der Waals surface area contributed by atoms with Crippen LogP contribution in [0.25, 0.3) is 33.6 Å². The maximum Gasteiger partial charge on any atom is 0.116 e. The van der Waals surface area contributed by atoms with Crippen LogP contribution in [0, 0.1) is 0 Å². The van der Waals surface area contributed by atoms with Crippen LogP contribution < -0.4 is 0 Å². The second-order valence-corrected chi connectivity index (χ2v) is 6.63. The predicted molar refractivity (Wildman–Crippen MR) is 106 cm³/mol. The van der Waals surface area contributed by atoms with E-state index < -0.39 is 0 Å². The fourth-order valence-corrected chi connectivity index (χ4v) is 3.28. The summed E-state index contributed by atoms with van der Waals surface area (Å²) in [5, 5.41) is 0. The van der Waals surface area contributed by atoms with E-state index in [1.165, 1.54) is 0 Å². The highest BCUT2D eigenvalue weighted by Crippen LogP contribution is 2.33. The van der Waals surface area contributed by atoms with Gasteiger partial charge in [-0.25, -0.2) is 9.97 Å². The lowest BCUT2D eigenvalue weighted by Crippen LogP contribution is -1.91. The Kier molecular flexibility index (Phi) is 4.40. The second kappa shape index (κ2) is 6.99. The molecule has 120 valence electrons. The molecule has 0 fully saturated rings. The zero-order chi connectivity index (χ0) is 17.1. The Morgan fingerprint density at radius 1 is 0.560 bits per heavy atom. The van der Waals surface area contributed by atoms with E-state index in [9.17, 15) is 0 Å². The average Bonchev–Trinajstić information content (AvgIpc) is 2.69. The summed E-state index contributed by atoms with van der Waals surface area (Å²) >= 11 is 3.56. The molecule has 4 aromatic rings. The van der Waals surface area contributed by atoms with Gasteiger partial charge in [-0.1, -0.05) is 82.7 Å². The fraction of sp³-hybridized carbons (Fsp3) is 0. The minimum absolute atomic E-state index is 0.921. The van der Waals surface area contributed by atoms with Crippen LogP contribution >= 0.6 is 15.9 Å². The molecule has 1 heterocycles. The van der Waals surface area contributed by atoms with Gasteiger partial charge < -0.3 is 0 Å². The number of hydrogen-bond donors (Lipinski definition) is 0. The summed E-state index contributed by atoms with van der Waals surface area (Å²) in [6, 6.07) is 28.9. The van der Waals surface area contributed by atoms with E-state index in [2.05, 4.69) is 68.4 Å². The number of aromatic nitrogens is 2. The Morgan fingerprint density at radius 3 is 2.04 bits per heavy atom. The first-order chi connectivity index (χ1) is 12.3. The summed E-state index contributed by atoms with van der Waals surface area (Å²) in [5.41, 5.74) is 6.34. The molecule has 2 nitrogen and oxygen atoms in total. The number of rotatable bonds is 3. The molecule has 25 heavy (non-hydrogen) atoms. The van der Waals surface area contributed by atoms with Gasteiger partial charge in [0.05, 0.1) is 11.4 Å². The van der Waals surface area contributed by atoms with E-state index in [4.69, 9.17) is 0 Å². The molecule has 0 saturated heterocycles. The lowest BCUT2D eigenvalue weighted by Gasteiger charge is -2.10. The van der Waals surface area contributed by atoms with Crippen LogP contribution in [0.4, 0.5) is 0 Å². The Hall–Kier alpha value is -2.78.